The molecule has 0 bridgehead atoms. The van der Waals surface area contributed by atoms with Crippen LogP contribution in [0.3, 0.4) is 0 Å². The van der Waals surface area contributed by atoms with Crippen LogP contribution in [0.1, 0.15) is 13.3 Å². The highest BCUT2D eigenvalue weighted by Crippen LogP contribution is 2.03. The van der Waals surface area contributed by atoms with Gasteiger partial charge in [-0.25, -0.2) is 10.0 Å². The Bertz CT molecular complexity index is 119. The molecule has 0 atom stereocenters. The molecule has 1 aliphatic heterocycles. The second-order valence-electron chi connectivity index (χ2n) is 3.49. The molecule has 0 aromatic carbocycles. The zero-order chi connectivity index (χ0) is 8.97. The Hall–Kier alpha value is -0.120. The summed E-state index contributed by atoms with van der Waals surface area (Å²) in [7, 11) is 6.19. The van der Waals surface area contributed by atoms with Gasteiger partial charge in [0.2, 0.25) is 0 Å². The van der Waals surface area contributed by atoms with Gasteiger partial charge in [-0.1, -0.05) is 6.92 Å². The molecule has 1 radical (unpaired) electrons. The van der Waals surface area contributed by atoms with Gasteiger partial charge in [0.1, 0.15) is 0 Å². The van der Waals surface area contributed by atoms with E-state index >= 15 is 0 Å². The second kappa shape index (κ2) is 4.80. The van der Waals surface area contributed by atoms with Crippen molar-refractivity contribution in [3.05, 3.63) is 7.05 Å². The van der Waals surface area contributed by atoms with Gasteiger partial charge in [0.25, 0.3) is 0 Å². The van der Waals surface area contributed by atoms with Crippen molar-refractivity contribution in [3.8, 4) is 0 Å². The normalized spacial score (nSPS) is 22.0. The summed E-state index contributed by atoms with van der Waals surface area (Å²) < 4.78 is 0. The SMILES string of the molecule is [CH2]N(CCC)N1CCN(C)CC1. The number of likely N-dealkylation sites (N-methyl/N-ethyl adjacent to an activating group) is 1. The van der Waals surface area contributed by atoms with E-state index in [-0.39, 0.29) is 0 Å². The molecule has 1 heterocycles. The van der Waals surface area contributed by atoms with Crippen LogP contribution in [0.4, 0.5) is 0 Å². The number of hydrogen-bond acceptors (Lipinski definition) is 3. The summed E-state index contributed by atoms with van der Waals surface area (Å²) in [6.45, 7) is 7.84. The molecule has 1 saturated heterocycles. The number of hydrogen-bond donors (Lipinski definition) is 0. The fraction of sp³-hybridized carbons (Fsp3) is 0.889. The first-order chi connectivity index (χ1) is 5.74. The predicted octanol–water partition coefficient (Wildman–Crippen LogP) is 0.652. The van der Waals surface area contributed by atoms with Gasteiger partial charge in [-0.3, -0.25) is 0 Å². The fourth-order valence-electron chi connectivity index (χ4n) is 1.48. The first kappa shape index (κ1) is 9.96. The molecule has 71 valence electrons. The molecule has 1 fully saturated rings. The third-order valence-corrected chi connectivity index (χ3v) is 2.36. The molecule has 1 aliphatic rings. The average Bonchev–Trinajstić information content (AvgIpc) is 2.06. The molecule has 0 unspecified atom stereocenters. The van der Waals surface area contributed by atoms with Gasteiger partial charge < -0.3 is 4.90 Å². The zero-order valence-electron chi connectivity index (χ0n) is 8.29. The van der Waals surface area contributed by atoms with E-state index in [1.807, 2.05) is 0 Å². The molecular weight excluding hydrogens is 150 g/mol. The molecule has 12 heavy (non-hydrogen) atoms. The van der Waals surface area contributed by atoms with Crippen LogP contribution in [0, 0.1) is 7.05 Å². The van der Waals surface area contributed by atoms with Gasteiger partial charge >= 0.3 is 0 Å². The lowest BCUT2D eigenvalue weighted by molar-refractivity contribution is -0.0181. The highest BCUT2D eigenvalue weighted by Gasteiger charge is 2.16. The molecule has 0 spiro atoms. The molecule has 0 aliphatic carbocycles. The Morgan fingerprint density at radius 1 is 1.25 bits per heavy atom. The van der Waals surface area contributed by atoms with Crippen LogP contribution >= 0.6 is 0 Å². The highest BCUT2D eigenvalue weighted by molar-refractivity contribution is 4.67. The quantitative estimate of drug-likeness (QED) is 0.616. The number of rotatable bonds is 3. The van der Waals surface area contributed by atoms with Crippen molar-refractivity contribution < 1.29 is 0 Å². The van der Waals surface area contributed by atoms with Crippen LogP contribution in [-0.2, 0) is 0 Å². The van der Waals surface area contributed by atoms with E-state index in [1.54, 1.807) is 0 Å². The van der Waals surface area contributed by atoms with Crippen LogP contribution in [0.25, 0.3) is 0 Å². The fourth-order valence-corrected chi connectivity index (χ4v) is 1.48. The Labute approximate surface area is 75.9 Å². The molecule has 0 saturated carbocycles. The zero-order valence-corrected chi connectivity index (χ0v) is 8.29. The average molecular weight is 170 g/mol. The Balaban J connectivity index is 2.24. The number of hydrazine groups is 1. The molecule has 0 N–H and O–H groups in total. The second-order valence-corrected chi connectivity index (χ2v) is 3.49. The smallest absolute Gasteiger partial charge is 0.0275 e. The van der Waals surface area contributed by atoms with E-state index in [1.165, 1.54) is 6.42 Å². The minimum absolute atomic E-state index is 1.07. The molecule has 1 rings (SSSR count). The minimum atomic E-state index is 1.07. The van der Waals surface area contributed by atoms with Gasteiger partial charge in [0.15, 0.2) is 0 Å². The van der Waals surface area contributed by atoms with Crippen molar-refractivity contribution in [2.45, 2.75) is 13.3 Å². The number of nitrogens with zero attached hydrogens (tertiary/aromatic N) is 3. The first-order valence-electron chi connectivity index (χ1n) is 4.75. The molecule has 3 heteroatoms. The lowest BCUT2D eigenvalue weighted by atomic mass is 10.4. The lowest BCUT2D eigenvalue weighted by Gasteiger charge is -2.37. The topological polar surface area (TPSA) is 9.72 Å². The summed E-state index contributed by atoms with van der Waals surface area (Å²) in [6, 6.07) is 0. The summed E-state index contributed by atoms with van der Waals surface area (Å²) >= 11 is 0. The number of piperazine rings is 1. The summed E-state index contributed by atoms with van der Waals surface area (Å²) in [5.74, 6) is 0. The monoisotopic (exact) mass is 170 g/mol. The standard InChI is InChI=1S/C9H20N3/c1-4-5-11(3)12-8-6-10(2)7-9-12/h3-9H2,1-2H3. The largest absolute Gasteiger partial charge is 0.304 e. The van der Waals surface area contributed by atoms with E-state index in [0.717, 1.165) is 32.7 Å². The van der Waals surface area contributed by atoms with Crippen LogP contribution in [-0.4, -0.2) is 54.7 Å². The first-order valence-corrected chi connectivity index (χ1v) is 4.75. The van der Waals surface area contributed by atoms with E-state index in [4.69, 9.17) is 0 Å². The van der Waals surface area contributed by atoms with Gasteiger partial charge in [-0.2, -0.15) is 0 Å². The van der Waals surface area contributed by atoms with Crippen LogP contribution < -0.4 is 0 Å². The van der Waals surface area contributed by atoms with Crippen molar-refractivity contribution >= 4 is 0 Å². The third-order valence-electron chi connectivity index (χ3n) is 2.36. The van der Waals surface area contributed by atoms with Crippen LogP contribution in [0.2, 0.25) is 0 Å². The Morgan fingerprint density at radius 2 is 1.83 bits per heavy atom. The predicted molar refractivity (Wildman–Crippen MR) is 51.4 cm³/mol. The van der Waals surface area contributed by atoms with Crippen molar-refractivity contribution in [1.82, 2.24) is 14.9 Å². The maximum atomic E-state index is 4.02. The van der Waals surface area contributed by atoms with Crippen molar-refractivity contribution in [1.29, 1.82) is 0 Å². The molecule has 0 aromatic rings. The maximum Gasteiger partial charge on any atom is 0.0275 e. The van der Waals surface area contributed by atoms with Gasteiger partial charge in [-0.15, -0.1) is 0 Å². The van der Waals surface area contributed by atoms with Crippen molar-refractivity contribution in [2.24, 2.45) is 0 Å². The molecule has 3 nitrogen and oxygen atoms in total. The van der Waals surface area contributed by atoms with Crippen molar-refractivity contribution in [3.63, 3.8) is 0 Å². The maximum absolute atomic E-state index is 4.02. The minimum Gasteiger partial charge on any atom is -0.304 e. The van der Waals surface area contributed by atoms with Gasteiger partial charge in [0.05, 0.1) is 0 Å². The summed E-state index contributed by atoms with van der Waals surface area (Å²) in [5, 5.41) is 4.44. The van der Waals surface area contributed by atoms with E-state index in [9.17, 15) is 0 Å². The van der Waals surface area contributed by atoms with Crippen molar-refractivity contribution in [2.75, 3.05) is 39.8 Å². The Kier molecular flexibility index (Phi) is 3.98. The third kappa shape index (κ3) is 2.73. The van der Waals surface area contributed by atoms with Gasteiger partial charge in [-0.05, 0) is 13.5 Å². The van der Waals surface area contributed by atoms with Crippen LogP contribution in [0.15, 0.2) is 0 Å². The summed E-state index contributed by atoms with van der Waals surface area (Å²) in [4.78, 5) is 2.36. The highest BCUT2D eigenvalue weighted by atomic mass is 15.6. The summed E-state index contributed by atoms with van der Waals surface area (Å²) in [5.41, 5.74) is 0. The molecular formula is C9H20N3. The van der Waals surface area contributed by atoms with Gasteiger partial charge in [0, 0.05) is 39.8 Å². The van der Waals surface area contributed by atoms with E-state index < -0.39 is 0 Å². The van der Waals surface area contributed by atoms with E-state index in [2.05, 4.69) is 35.9 Å². The van der Waals surface area contributed by atoms with Crippen LogP contribution in [0.5, 0.6) is 0 Å². The molecule has 0 amide bonds. The Morgan fingerprint density at radius 3 is 2.33 bits per heavy atom. The lowest BCUT2D eigenvalue weighted by Crippen LogP contribution is -2.50. The summed E-state index contributed by atoms with van der Waals surface area (Å²) in [6.07, 6.45) is 1.18. The van der Waals surface area contributed by atoms with E-state index in [0.29, 0.717) is 0 Å². The molecule has 0 aromatic heterocycles.